The smallest absolute Gasteiger partial charge is 0.129 e. The number of rotatable bonds is 9. The molecule has 0 aliphatic heterocycles. The molecule has 0 heterocycles. The molecule has 2 N–H and O–H groups in total. The zero-order chi connectivity index (χ0) is 15.8. The average molecular weight is 310 g/mol. The molecule has 5 heteroatoms. The van der Waals surface area contributed by atoms with Crippen LogP contribution >= 0.6 is 12.2 Å². The lowest BCUT2D eigenvalue weighted by atomic mass is 10.1. The van der Waals surface area contributed by atoms with Gasteiger partial charge in [-0.3, -0.25) is 4.90 Å². The minimum Gasteiger partial charge on any atom is -0.496 e. The standard InChI is InChI=1S/C16H26N2O2S/c1-5-12(2)18(8-9-19-3)11-13-6-7-14(16(17)21)15(10-13)20-4/h6-7,10,12H,5,8-9,11H2,1-4H3,(H2,17,21). The molecule has 1 aromatic rings. The molecule has 0 aliphatic rings. The molecular weight excluding hydrogens is 284 g/mol. The van der Waals surface area contributed by atoms with E-state index < -0.39 is 0 Å². The van der Waals surface area contributed by atoms with Gasteiger partial charge in [0.1, 0.15) is 10.7 Å². The number of nitrogens with zero attached hydrogens (tertiary/aromatic N) is 1. The summed E-state index contributed by atoms with van der Waals surface area (Å²) in [6, 6.07) is 6.50. The van der Waals surface area contributed by atoms with Gasteiger partial charge in [0.25, 0.3) is 0 Å². The second-order valence-electron chi connectivity index (χ2n) is 5.12. The summed E-state index contributed by atoms with van der Waals surface area (Å²) in [4.78, 5) is 2.76. The van der Waals surface area contributed by atoms with Crippen molar-refractivity contribution in [2.45, 2.75) is 32.9 Å². The Balaban J connectivity index is 2.90. The van der Waals surface area contributed by atoms with E-state index in [2.05, 4.69) is 24.8 Å². The van der Waals surface area contributed by atoms with Crippen molar-refractivity contribution < 1.29 is 9.47 Å². The van der Waals surface area contributed by atoms with Crippen molar-refractivity contribution in [3.8, 4) is 5.75 Å². The van der Waals surface area contributed by atoms with Gasteiger partial charge in [-0.25, -0.2) is 0 Å². The molecule has 0 radical (unpaired) electrons. The number of ether oxygens (including phenoxy) is 2. The van der Waals surface area contributed by atoms with Gasteiger partial charge in [-0.2, -0.15) is 0 Å². The first-order valence-corrected chi connectivity index (χ1v) is 7.64. The van der Waals surface area contributed by atoms with Crippen molar-refractivity contribution in [1.82, 2.24) is 4.90 Å². The Morgan fingerprint density at radius 2 is 2.10 bits per heavy atom. The third-order valence-corrected chi connectivity index (χ3v) is 3.93. The van der Waals surface area contributed by atoms with Gasteiger partial charge in [-0.05, 0) is 31.0 Å². The highest BCUT2D eigenvalue weighted by Gasteiger charge is 2.14. The van der Waals surface area contributed by atoms with Crippen LogP contribution in [0.15, 0.2) is 18.2 Å². The van der Waals surface area contributed by atoms with Gasteiger partial charge in [0.05, 0.1) is 19.3 Å². The van der Waals surface area contributed by atoms with Crippen LogP contribution in [-0.4, -0.2) is 43.3 Å². The minimum atomic E-state index is 0.358. The van der Waals surface area contributed by atoms with Gasteiger partial charge in [0, 0.05) is 26.2 Å². The fourth-order valence-electron chi connectivity index (χ4n) is 2.19. The zero-order valence-corrected chi connectivity index (χ0v) is 14.2. The molecular formula is C16H26N2O2S. The van der Waals surface area contributed by atoms with Gasteiger partial charge < -0.3 is 15.2 Å². The summed E-state index contributed by atoms with van der Waals surface area (Å²) in [6.45, 7) is 6.92. The number of nitrogens with two attached hydrogens (primary N) is 1. The second-order valence-corrected chi connectivity index (χ2v) is 5.56. The number of hydrogen-bond acceptors (Lipinski definition) is 4. The van der Waals surface area contributed by atoms with E-state index in [1.807, 2.05) is 12.1 Å². The molecule has 0 aliphatic carbocycles. The highest BCUT2D eigenvalue weighted by atomic mass is 32.1. The van der Waals surface area contributed by atoms with Crippen molar-refractivity contribution in [1.29, 1.82) is 0 Å². The fraction of sp³-hybridized carbons (Fsp3) is 0.562. The van der Waals surface area contributed by atoms with E-state index in [0.717, 1.165) is 37.4 Å². The summed E-state index contributed by atoms with van der Waals surface area (Å²) in [7, 11) is 3.37. The van der Waals surface area contributed by atoms with Crippen LogP contribution in [-0.2, 0) is 11.3 Å². The lowest BCUT2D eigenvalue weighted by Gasteiger charge is -2.28. The minimum absolute atomic E-state index is 0.358. The number of methoxy groups -OCH3 is 2. The summed E-state index contributed by atoms with van der Waals surface area (Å²) >= 11 is 5.04. The van der Waals surface area contributed by atoms with Crippen LogP contribution in [0.2, 0.25) is 0 Å². The lowest BCUT2D eigenvalue weighted by Crippen LogP contribution is -2.34. The summed E-state index contributed by atoms with van der Waals surface area (Å²) < 4.78 is 10.6. The third kappa shape index (κ3) is 5.26. The van der Waals surface area contributed by atoms with E-state index in [1.165, 1.54) is 5.56 Å². The van der Waals surface area contributed by atoms with Crippen LogP contribution in [0.1, 0.15) is 31.4 Å². The molecule has 4 nitrogen and oxygen atoms in total. The highest BCUT2D eigenvalue weighted by molar-refractivity contribution is 7.80. The zero-order valence-electron chi connectivity index (χ0n) is 13.4. The van der Waals surface area contributed by atoms with Crippen LogP contribution in [0.3, 0.4) is 0 Å². The Morgan fingerprint density at radius 1 is 1.38 bits per heavy atom. The van der Waals surface area contributed by atoms with E-state index in [1.54, 1.807) is 14.2 Å². The fourth-order valence-corrected chi connectivity index (χ4v) is 2.36. The van der Waals surface area contributed by atoms with Crippen LogP contribution in [0, 0.1) is 0 Å². The SMILES string of the molecule is CCC(C)N(CCOC)Cc1ccc(C(N)=S)c(OC)c1. The third-order valence-electron chi connectivity index (χ3n) is 3.71. The largest absolute Gasteiger partial charge is 0.496 e. The topological polar surface area (TPSA) is 47.7 Å². The Kier molecular flexibility index (Phi) is 7.64. The monoisotopic (exact) mass is 310 g/mol. The molecule has 0 aromatic heterocycles. The van der Waals surface area contributed by atoms with Gasteiger partial charge in [0.15, 0.2) is 0 Å². The Morgan fingerprint density at radius 3 is 2.62 bits per heavy atom. The van der Waals surface area contributed by atoms with Crippen molar-refractivity contribution in [3.05, 3.63) is 29.3 Å². The van der Waals surface area contributed by atoms with Crippen LogP contribution in [0.25, 0.3) is 0 Å². The van der Waals surface area contributed by atoms with E-state index in [0.29, 0.717) is 11.0 Å². The first kappa shape index (κ1) is 17.9. The summed E-state index contributed by atoms with van der Waals surface area (Å²) in [5.74, 6) is 0.732. The molecule has 0 saturated carbocycles. The summed E-state index contributed by atoms with van der Waals surface area (Å²) in [6.07, 6.45) is 1.10. The van der Waals surface area contributed by atoms with E-state index >= 15 is 0 Å². The van der Waals surface area contributed by atoms with E-state index in [-0.39, 0.29) is 0 Å². The maximum Gasteiger partial charge on any atom is 0.129 e. The molecule has 1 atom stereocenters. The molecule has 0 bridgehead atoms. The predicted octanol–water partition coefficient (Wildman–Crippen LogP) is 2.58. The highest BCUT2D eigenvalue weighted by Crippen LogP contribution is 2.22. The van der Waals surface area contributed by atoms with Crippen molar-refractivity contribution in [2.24, 2.45) is 5.73 Å². The van der Waals surface area contributed by atoms with Crippen molar-refractivity contribution >= 4 is 17.2 Å². The maximum absolute atomic E-state index is 5.70. The molecule has 21 heavy (non-hydrogen) atoms. The normalized spacial score (nSPS) is 12.4. The van der Waals surface area contributed by atoms with Crippen LogP contribution < -0.4 is 10.5 Å². The summed E-state index contributed by atoms with van der Waals surface area (Å²) in [5.41, 5.74) is 7.67. The Labute approximate surface area is 133 Å². The van der Waals surface area contributed by atoms with Gasteiger partial charge in [0.2, 0.25) is 0 Å². The van der Waals surface area contributed by atoms with E-state index in [9.17, 15) is 0 Å². The van der Waals surface area contributed by atoms with Crippen LogP contribution in [0.4, 0.5) is 0 Å². The Hall–Kier alpha value is -1.17. The lowest BCUT2D eigenvalue weighted by molar-refractivity contribution is 0.118. The molecule has 0 amide bonds. The summed E-state index contributed by atoms with van der Waals surface area (Å²) in [5, 5.41) is 0. The number of thiocarbonyl (C=S) groups is 1. The van der Waals surface area contributed by atoms with E-state index in [4.69, 9.17) is 27.4 Å². The molecule has 118 valence electrons. The van der Waals surface area contributed by atoms with Gasteiger partial charge >= 0.3 is 0 Å². The second kappa shape index (κ2) is 8.97. The van der Waals surface area contributed by atoms with Crippen LogP contribution in [0.5, 0.6) is 5.75 Å². The van der Waals surface area contributed by atoms with Crippen molar-refractivity contribution in [2.75, 3.05) is 27.4 Å². The van der Waals surface area contributed by atoms with Gasteiger partial charge in [-0.15, -0.1) is 0 Å². The molecule has 1 aromatic carbocycles. The molecule has 0 spiro atoms. The molecule has 1 rings (SSSR count). The van der Waals surface area contributed by atoms with Crippen molar-refractivity contribution in [3.63, 3.8) is 0 Å². The first-order chi connectivity index (χ1) is 10.0. The number of benzene rings is 1. The quantitative estimate of drug-likeness (QED) is 0.710. The van der Waals surface area contributed by atoms with Gasteiger partial charge in [-0.1, -0.05) is 25.2 Å². The number of hydrogen-bond donors (Lipinski definition) is 1. The first-order valence-electron chi connectivity index (χ1n) is 7.23. The molecule has 1 unspecified atom stereocenters. The molecule has 0 fully saturated rings. The average Bonchev–Trinajstić information content (AvgIpc) is 2.50. The Bertz CT molecular complexity index is 466. The predicted molar refractivity (Wildman–Crippen MR) is 90.9 cm³/mol. The molecule has 0 saturated heterocycles. The maximum atomic E-state index is 5.70.